The monoisotopic (exact) mass is 294 g/mol. The maximum atomic E-state index is 11.7. The van der Waals surface area contributed by atoms with Crippen LogP contribution in [0, 0.1) is 0 Å². The van der Waals surface area contributed by atoms with Gasteiger partial charge in [0.25, 0.3) is 0 Å². The molecule has 6 nitrogen and oxygen atoms in total. The fourth-order valence-corrected chi connectivity index (χ4v) is 1.61. The first-order valence-corrected chi connectivity index (χ1v) is 6.86. The van der Waals surface area contributed by atoms with Gasteiger partial charge in [0, 0.05) is 31.5 Å². The predicted octanol–water partition coefficient (Wildman–Crippen LogP) is 2.06. The van der Waals surface area contributed by atoms with Crippen LogP contribution in [0.1, 0.15) is 23.7 Å². The van der Waals surface area contributed by atoms with Gasteiger partial charge in [-0.25, -0.2) is 4.79 Å². The minimum atomic E-state index is -0.299. The number of amides is 2. The quantitative estimate of drug-likeness (QED) is 0.540. The number of hydrogen-bond acceptors (Lipinski definition) is 4. The van der Waals surface area contributed by atoms with E-state index in [2.05, 4.69) is 10.6 Å². The molecule has 0 radical (unpaired) electrons. The van der Waals surface area contributed by atoms with Gasteiger partial charge in [-0.1, -0.05) is 12.1 Å². The summed E-state index contributed by atoms with van der Waals surface area (Å²) in [6.45, 7) is 3.71. The second-order valence-electron chi connectivity index (χ2n) is 4.48. The van der Waals surface area contributed by atoms with Gasteiger partial charge in [0.1, 0.15) is 0 Å². The topological polar surface area (TPSA) is 76.7 Å². The zero-order valence-corrected chi connectivity index (χ0v) is 12.5. The third kappa shape index (κ3) is 7.43. The number of benzene rings is 1. The maximum Gasteiger partial charge on any atom is 0.319 e. The molecule has 6 heteroatoms. The van der Waals surface area contributed by atoms with Crippen LogP contribution < -0.4 is 10.6 Å². The normalized spacial score (nSPS) is 10.2. The van der Waals surface area contributed by atoms with Crippen molar-refractivity contribution in [1.82, 2.24) is 5.32 Å². The van der Waals surface area contributed by atoms with Crippen molar-refractivity contribution >= 4 is 17.5 Å². The molecule has 0 aliphatic heterocycles. The van der Waals surface area contributed by atoms with Gasteiger partial charge in [-0.05, 0) is 25.5 Å². The van der Waals surface area contributed by atoms with E-state index in [0.29, 0.717) is 37.6 Å². The Bertz CT molecular complexity index is 463. The molecule has 0 fully saturated rings. The number of Topliss-reactive ketones (excluding diaryl/α,β-unsaturated/α-hetero) is 1. The summed E-state index contributed by atoms with van der Waals surface area (Å²) in [5.74, 6) is -0.0349. The van der Waals surface area contributed by atoms with Crippen LogP contribution >= 0.6 is 0 Å². The van der Waals surface area contributed by atoms with Crippen molar-refractivity contribution in [3.05, 3.63) is 29.8 Å². The van der Waals surface area contributed by atoms with E-state index in [1.165, 1.54) is 6.92 Å². The molecule has 2 amide bonds. The van der Waals surface area contributed by atoms with Crippen molar-refractivity contribution in [2.75, 3.05) is 38.8 Å². The summed E-state index contributed by atoms with van der Waals surface area (Å²) in [5.41, 5.74) is 1.16. The largest absolute Gasteiger partial charge is 0.382 e. The molecule has 0 heterocycles. The predicted molar refractivity (Wildman–Crippen MR) is 80.8 cm³/mol. The van der Waals surface area contributed by atoms with Crippen LogP contribution in [0.5, 0.6) is 0 Å². The van der Waals surface area contributed by atoms with E-state index in [0.717, 1.165) is 6.42 Å². The van der Waals surface area contributed by atoms with Crippen molar-refractivity contribution in [2.45, 2.75) is 13.3 Å². The third-order valence-corrected chi connectivity index (χ3v) is 2.71. The number of carbonyl (C=O) groups excluding carboxylic acids is 2. The Kier molecular flexibility index (Phi) is 8.08. The molecule has 2 N–H and O–H groups in total. The molecule has 0 saturated carbocycles. The molecule has 0 spiro atoms. The Morgan fingerprint density at radius 1 is 1.19 bits per heavy atom. The van der Waals surface area contributed by atoms with E-state index in [1.54, 1.807) is 31.4 Å². The van der Waals surface area contributed by atoms with Gasteiger partial charge in [-0.3, -0.25) is 4.79 Å². The smallest absolute Gasteiger partial charge is 0.319 e. The number of nitrogens with one attached hydrogen (secondary N) is 2. The SMILES string of the molecule is COCCOCCCNC(=O)Nc1cccc(C(C)=O)c1. The number of ketones is 1. The van der Waals surface area contributed by atoms with Crippen molar-refractivity contribution in [3.63, 3.8) is 0 Å². The Balaban J connectivity index is 2.21. The van der Waals surface area contributed by atoms with Gasteiger partial charge in [0.05, 0.1) is 13.2 Å². The first-order valence-electron chi connectivity index (χ1n) is 6.86. The van der Waals surface area contributed by atoms with Crippen LogP contribution in [-0.2, 0) is 9.47 Å². The maximum absolute atomic E-state index is 11.7. The average Bonchev–Trinajstić information content (AvgIpc) is 2.46. The van der Waals surface area contributed by atoms with Gasteiger partial charge < -0.3 is 20.1 Å². The summed E-state index contributed by atoms with van der Waals surface area (Å²) in [5, 5.41) is 5.41. The van der Waals surface area contributed by atoms with E-state index >= 15 is 0 Å². The molecular weight excluding hydrogens is 272 g/mol. The van der Waals surface area contributed by atoms with E-state index in [1.807, 2.05) is 0 Å². The van der Waals surface area contributed by atoms with E-state index in [-0.39, 0.29) is 11.8 Å². The molecule has 1 aromatic carbocycles. The summed E-state index contributed by atoms with van der Waals surface area (Å²) < 4.78 is 10.1. The van der Waals surface area contributed by atoms with Crippen LogP contribution in [0.25, 0.3) is 0 Å². The van der Waals surface area contributed by atoms with E-state index in [9.17, 15) is 9.59 Å². The number of ether oxygens (including phenoxy) is 2. The standard InChI is InChI=1S/C15H22N2O4/c1-12(18)13-5-3-6-14(11-13)17-15(19)16-7-4-8-21-10-9-20-2/h3,5-6,11H,4,7-10H2,1-2H3,(H2,16,17,19). The van der Waals surface area contributed by atoms with E-state index in [4.69, 9.17) is 9.47 Å². The molecular formula is C15H22N2O4. The Morgan fingerprint density at radius 2 is 2.00 bits per heavy atom. The van der Waals surface area contributed by atoms with Crippen LogP contribution in [0.15, 0.2) is 24.3 Å². The number of rotatable bonds is 9. The Morgan fingerprint density at radius 3 is 2.71 bits per heavy atom. The zero-order valence-electron chi connectivity index (χ0n) is 12.5. The van der Waals surface area contributed by atoms with Crippen LogP contribution in [0.4, 0.5) is 10.5 Å². The number of carbonyl (C=O) groups is 2. The van der Waals surface area contributed by atoms with Crippen LogP contribution in [0.3, 0.4) is 0 Å². The highest BCUT2D eigenvalue weighted by molar-refractivity contribution is 5.96. The average molecular weight is 294 g/mol. The van der Waals surface area contributed by atoms with Gasteiger partial charge in [-0.15, -0.1) is 0 Å². The Labute approximate surface area is 124 Å². The summed E-state index contributed by atoms with van der Waals surface area (Å²) in [6.07, 6.45) is 0.727. The second kappa shape index (κ2) is 9.90. The summed E-state index contributed by atoms with van der Waals surface area (Å²) in [6, 6.07) is 6.53. The summed E-state index contributed by atoms with van der Waals surface area (Å²) >= 11 is 0. The minimum absolute atomic E-state index is 0.0349. The van der Waals surface area contributed by atoms with Crippen molar-refractivity contribution in [2.24, 2.45) is 0 Å². The third-order valence-electron chi connectivity index (χ3n) is 2.71. The molecule has 0 atom stereocenters. The summed E-state index contributed by atoms with van der Waals surface area (Å²) in [7, 11) is 1.62. The lowest BCUT2D eigenvalue weighted by Crippen LogP contribution is -2.30. The van der Waals surface area contributed by atoms with Gasteiger partial charge >= 0.3 is 6.03 Å². The first kappa shape index (κ1) is 17.1. The van der Waals surface area contributed by atoms with Crippen molar-refractivity contribution in [3.8, 4) is 0 Å². The number of urea groups is 1. The lowest BCUT2D eigenvalue weighted by Gasteiger charge is -2.08. The Hall–Kier alpha value is -1.92. The highest BCUT2D eigenvalue weighted by atomic mass is 16.5. The molecule has 0 bridgehead atoms. The van der Waals surface area contributed by atoms with Gasteiger partial charge in [0.15, 0.2) is 5.78 Å². The summed E-state index contributed by atoms with van der Waals surface area (Å²) in [4.78, 5) is 22.9. The highest BCUT2D eigenvalue weighted by Gasteiger charge is 2.03. The lowest BCUT2D eigenvalue weighted by atomic mass is 10.1. The molecule has 1 rings (SSSR count). The molecule has 0 saturated heterocycles. The number of methoxy groups -OCH3 is 1. The van der Waals surface area contributed by atoms with Crippen LogP contribution in [-0.4, -0.2) is 45.3 Å². The zero-order chi connectivity index (χ0) is 15.5. The first-order chi connectivity index (χ1) is 10.1. The number of anilines is 1. The molecule has 0 aliphatic rings. The van der Waals surface area contributed by atoms with Crippen LogP contribution in [0.2, 0.25) is 0 Å². The molecule has 0 unspecified atom stereocenters. The molecule has 21 heavy (non-hydrogen) atoms. The second-order valence-corrected chi connectivity index (χ2v) is 4.48. The molecule has 0 aromatic heterocycles. The fourth-order valence-electron chi connectivity index (χ4n) is 1.61. The van der Waals surface area contributed by atoms with Gasteiger partial charge in [0.2, 0.25) is 0 Å². The fraction of sp³-hybridized carbons (Fsp3) is 0.467. The minimum Gasteiger partial charge on any atom is -0.382 e. The van der Waals surface area contributed by atoms with Crippen molar-refractivity contribution < 1.29 is 19.1 Å². The number of hydrogen-bond donors (Lipinski definition) is 2. The molecule has 0 aliphatic carbocycles. The van der Waals surface area contributed by atoms with Gasteiger partial charge in [-0.2, -0.15) is 0 Å². The highest BCUT2D eigenvalue weighted by Crippen LogP contribution is 2.10. The lowest BCUT2D eigenvalue weighted by molar-refractivity contribution is 0.0697. The molecule has 1 aromatic rings. The van der Waals surface area contributed by atoms with E-state index < -0.39 is 0 Å². The van der Waals surface area contributed by atoms with Crippen molar-refractivity contribution in [1.29, 1.82) is 0 Å². The molecule has 116 valence electrons.